The summed E-state index contributed by atoms with van der Waals surface area (Å²) < 4.78 is 1.75. The third-order valence-electron chi connectivity index (χ3n) is 3.71. The van der Waals surface area contributed by atoms with Crippen molar-refractivity contribution in [3.05, 3.63) is 41.7 Å². The summed E-state index contributed by atoms with van der Waals surface area (Å²) in [4.78, 5) is 13.9. The minimum absolute atomic E-state index is 0. The molecule has 2 aromatic rings. The Kier molecular flexibility index (Phi) is 6.52. The molecule has 0 bridgehead atoms. The van der Waals surface area contributed by atoms with Crippen molar-refractivity contribution in [1.82, 2.24) is 19.9 Å². The number of halogens is 1. The van der Waals surface area contributed by atoms with Crippen LogP contribution in [-0.2, 0) is 11.2 Å². The predicted octanol–water partition coefficient (Wildman–Crippen LogP) is 1.35. The average Bonchev–Trinajstić information content (AvgIpc) is 2.87. The van der Waals surface area contributed by atoms with Crippen LogP contribution in [0, 0.1) is 6.92 Å². The Bertz CT molecular complexity index is 614. The highest BCUT2D eigenvalue weighted by Gasteiger charge is 2.19. The van der Waals surface area contributed by atoms with Crippen LogP contribution in [0.2, 0.25) is 0 Å². The van der Waals surface area contributed by atoms with Crippen LogP contribution in [0.25, 0.3) is 5.69 Å². The zero-order chi connectivity index (χ0) is 15.4. The number of para-hydroxylation sites is 1. The summed E-state index contributed by atoms with van der Waals surface area (Å²) in [5.74, 6) is -0.00355. The van der Waals surface area contributed by atoms with E-state index < -0.39 is 0 Å². The molecule has 1 heterocycles. The highest BCUT2D eigenvalue weighted by Crippen LogP contribution is 2.13. The Balaban J connectivity index is 0.00000242. The Morgan fingerprint density at radius 1 is 1.36 bits per heavy atom. The molecule has 1 aromatic carbocycles. The number of nitrogens with two attached hydrogens (primary N) is 1. The van der Waals surface area contributed by atoms with Crippen LogP contribution in [-0.4, -0.2) is 45.4 Å². The molecule has 2 N–H and O–H groups in total. The summed E-state index contributed by atoms with van der Waals surface area (Å²) in [7, 11) is 1.76. The van der Waals surface area contributed by atoms with Gasteiger partial charge in [-0.25, -0.2) is 4.68 Å². The van der Waals surface area contributed by atoms with E-state index >= 15 is 0 Å². The Morgan fingerprint density at radius 2 is 2.00 bits per heavy atom. The number of aromatic nitrogens is 3. The van der Waals surface area contributed by atoms with E-state index in [0.29, 0.717) is 12.2 Å². The van der Waals surface area contributed by atoms with Gasteiger partial charge in [-0.05, 0) is 26.0 Å². The van der Waals surface area contributed by atoms with E-state index in [4.69, 9.17) is 5.73 Å². The normalized spacial score (nSPS) is 11.6. The smallest absolute Gasteiger partial charge is 0.228 e. The third-order valence-corrected chi connectivity index (χ3v) is 3.71. The Hall–Kier alpha value is -1.92. The SMILES string of the molecule is Cc1c(CC(=O)N(C)C(C)CN)nnn1-c1ccccc1.Cl. The Morgan fingerprint density at radius 3 is 2.59 bits per heavy atom. The predicted molar refractivity (Wildman–Crippen MR) is 88.3 cm³/mol. The molecule has 1 atom stereocenters. The second-order valence-corrected chi connectivity index (χ2v) is 5.14. The topological polar surface area (TPSA) is 77.0 Å². The number of nitrogens with zero attached hydrogens (tertiary/aromatic N) is 4. The van der Waals surface area contributed by atoms with Crippen molar-refractivity contribution in [1.29, 1.82) is 0 Å². The van der Waals surface area contributed by atoms with Crippen molar-refractivity contribution in [3.63, 3.8) is 0 Å². The molecule has 120 valence electrons. The fraction of sp³-hybridized carbons (Fsp3) is 0.400. The van der Waals surface area contributed by atoms with Crippen molar-refractivity contribution in [2.75, 3.05) is 13.6 Å². The number of rotatable bonds is 5. The monoisotopic (exact) mass is 323 g/mol. The minimum Gasteiger partial charge on any atom is -0.341 e. The number of benzene rings is 1. The van der Waals surface area contributed by atoms with Gasteiger partial charge < -0.3 is 10.6 Å². The van der Waals surface area contributed by atoms with Gasteiger partial charge in [0.15, 0.2) is 0 Å². The van der Waals surface area contributed by atoms with E-state index in [9.17, 15) is 4.79 Å². The van der Waals surface area contributed by atoms with Crippen molar-refractivity contribution in [2.45, 2.75) is 26.3 Å². The molecule has 22 heavy (non-hydrogen) atoms. The first-order chi connectivity index (χ1) is 10.0. The number of amides is 1. The average molecular weight is 324 g/mol. The maximum Gasteiger partial charge on any atom is 0.228 e. The van der Waals surface area contributed by atoms with Gasteiger partial charge in [-0.3, -0.25) is 4.79 Å². The van der Waals surface area contributed by atoms with Crippen molar-refractivity contribution in [2.24, 2.45) is 5.73 Å². The summed E-state index contributed by atoms with van der Waals surface area (Å²) in [5, 5.41) is 8.27. The number of hydrogen-bond donors (Lipinski definition) is 1. The summed E-state index contributed by atoms with van der Waals surface area (Å²) in [6, 6.07) is 9.76. The molecule has 0 fully saturated rings. The van der Waals surface area contributed by atoms with Crippen molar-refractivity contribution >= 4 is 18.3 Å². The maximum absolute atomic E-state index is 12.2. The summed E-state index contributed by atoms with van der Waals surface area (Å²) in [6.45, 7) is 4.28. The van der Waals surface area contributed by atoms with Gasteiger partial charge in [0, 0.05) is 19.6 Å². The molecule has 0 radical (unpaired) electrons. The first-order valence-corrected chi connectivity index (χ1v) is 6.97. The molecule has 0 saturated heterocycles. The van der Waals surface area contributed by atoms with Crippen LogP contribution in [0.3, 0.4) is 0 Å². The van der Waals surface area contributed by atoms with Crippen LogP contribution in [0.15, 0.2) is 30.3 Å². The quantitative estimate of drug-likeness (QED) is 0.901. The van der Waals surface area contributed by atoms with Gasteiger partial charge in [0.2, 0.25) is 5.91 Å². The zero-order valence-corrected chi connectivity index (χ0v) is 13.9. The second-order valence-electron chi connectivity index (χ2n) is 5.14. The fourth-order valence-corrected chi connectivity index (χ4v) is 2.01. The Labute approximate surface area is 136 Å². The molecule has 1 unspecified atom stereocenters. The van der Waals surface area contributed by atoms with Crippen LogP contribution < -0.4 is 5.73 Å². The number of likely N-dealkylation sites (N-methyl/N-ethyl adjacent to an activating group) is 1. The van der Waals surface area contributed by atoms with E-state index in [-0.39, 0.29) is 30.8 Å². The maximum atomic E-state index is 12.2. The van der Waals surface area contributed by atoms with Gasteiger partial charge in [0.1, 0.15) is 0 Å². The number of carbonyl (C=O) groups excluding carboxylic acids is 1. The van der Waals surface area contributed by atoms with Gasteiger partial charge in [-0.2, -0.15) is 0 Å². The van der Waals surface area contributed by atoms with Crippen molar-refractivity contribution in [3.8, 4) is 5.69 Å². The summed E-state index contributed by atoms with van der Waals surface area (Å²) >= 11 is 0. The van der Waals surface area contributed by atoms with E-state index in [0.717, 1.165) is 11.4 Å². The molecule has 2 rings (SSSR count). The molecule has 0 aliphatic rings. The largest absolute Gasteiger partial charge is 0.341 e. The molecule has 7 heteroatoms. The molecular formula is C15H22ClN5O. The molecule has 0 spiro atoms. The fourth-order valence-electron chi connectivity index (χ4n) is 2.01. The van der Waals surface area contributed by atoms with Gasteiger partial charge >= 0.3 is 0 Å². The molecule has 0 aliphatic heterocycles. The summed E-state index contributed by atoms with van der Waals surface area (Å²) in [5.41, 5.74) is 8.10. The van der Waals surface area contributed by atoms with Crippen LogP contribution in [0.4, 0.5) is 0 Å². The third kappa shape index (κ3) is 3.84. The van der Waals surface area contributed by atoms with Gasteiger partial charge in [-0.15, -0.1) is 17.5 Å². The zero-order valence-electron chi connectivity index (χ0n) is 13.1. The van der Waals surface area contributed by atoms with E-state index in [2.05, 4.69) is 10.3 Å². The summed E-state index contributed by atoms with van der Waals surface area (Å²) in [6.07, 6.45) is 0.236. The molecule has 6 nitrogen and oxygen atoms in total. The lowest BCUT2D eigenvalue weighted by atomic mass is 10.2. The molecule has 0 aliphatic carbocycles. The lowest BCUT2D eigenvalue weighted by molar-refractivity contribution is -0.130. The van der Waals surface area contributed by atoms with Gasteiger partial charge in [0.25, 0.3) is 0 Å². The molecule has 1 amide bonds. The minimum atomic E-state index is -0.00355. The van der Waals surface area contributed by atoms with Crippen LogP contribution in [0.5, 0.6) is 0 Å². The first-order valence-electron chi connectivity index (χ1n) is 6.97. The standard InChI is InChI=1S/C15H21N5O.ClH/c1-11(10-16)19(3)15(21)9-14-12(2)20(18-17-14)13-7-5-4-6-8-13;/h4-8,11H,9-10,16H2,1-3H3;1H. The highest BCUT2D eigenvalue weighted by molar-refractivity contribution is 5.85. The van der Waals surface area contributed by atoms with Gasteiger partial charge in [-0.1, -0.05) is 23.4 Å². The van der Waals surface area contributed by atoms with Crippen LogP contribution in [0.1, 0.15) is 18.3 Å². The van der Waals surface area contributed by atoms with Gasteiger partial charge in [0.05, 0.1) is 23.5 Å². The van der Waals surface area contributed by atoms with E-state index in [1.165, 1.54) is 0 Å². The molecule has 0 saturated carbocycles. The highest BCUT2D eigenvalue weighted by atomic mass is 35.5. The first kappa shape index (κ1) is 18.1. The second kappa shape index (κ2) is 7.91. The van der Waals surface area contributed by atoms with Crippen LogP contribution >= 0.6 is 12.4 Å². The number of hydrogen-bond acceptors (Lipinski definition) is 4. The number of carbonyl (C=O) groups is 1. The molecule has 1 aromatic heterocycles. The van der Waals surface area contributed by atoms with E-state index in [1.54, 1.807) is 16.6 Å². The van der Waals surface area contributed by atoms with E-state index in [1.807, 2.05) is 44.2 Å². The lowest BCUT2D eigenvalue weighted by Crippen LogP contribution is -2.40. The lowest BCUT2D eigenvalue weighted by Gasteiger charge is -2.23. The van der Waals surface area contributed by atoms with Crippen molar-refractivity contribution < 1.29 is 4.79 Å². The molecular weight excluding hydrogens is 302 g/mol.